The zero-order valence-electron chi connectivity index (χ0n) is 11.1. The molecule has 3 nitrogen and oxygen atoms in total. The molecule has 19 heavy (non-hydrogen) atoms. The predicted octanol–water partition coefficient (Wildman–Crippen LogP) is 3.48. The second-order valence-electron chi connectivity index (χ2n) is 4.42. The number of amides is 1. The highest BCUT2D eigenvalue weighted by atomic mass is 16.3. The fourth-order valence-corrected chi connectivity index (χ4v) is 1.79. The predicted molar refractivity (Wildman–Crippen MR) is 75.5 cm³/mol. The SMILES string of the molecule is Cc1ccc(/C=C\C(=O)N[C@@H](C)c2ccccc2)o1. The van der Waals surface area contributed by atoms with E-state index in [4.69, 9.17) is 4.42 Å². The molecule has 0 aliphatic heterocycles. The summed E-state index contributed by atoms with van der Waals surface area (Å²) < 4.78 is 5.36. The molecule has 1 aromatic carbocycles. The van der Waals surface area contributed by atoms with Crippen molar-refractivity contribution in [1.82, 2.24) is 5.32 Å². The highest BCUT2D eigenvalue weighted by Crippen LogP contribution is 2.11. The molecule has 2 rings (SSSR count). The molecule has 98 valence electrons. The Kier molecular flexibility index (Phi) is 4.18. The normalized spacial score (nSPS) is 12.5. The minimum absolute atomic E-state index is 0.0170. The van der Waals surface area contributed by atoms with E-state index in [1.807, 2.05) is 56.3 Å². The first-order chi connectivity index (χ1) is 9.15. The molecule has 0 spiro atoms. The Morgan fingerprint density at radius 1 is 1.21 bits per heavy atom. The van der Waals surface area contributed by atoms with Gasteiger partial charge in [0.25, 0.3) is 0 Å². The van der Waals surface area contributed by atoms with Crippen molar-refractivity contribution in [2.75, 3.05) is 0 Å². The molecule has 0 unspecified atom stereocenters. The topological polar surface area (TPSA) is 42.2 Å². The van der Waals surface area contributed by atoms with Gasteiger partial charge in [0.05, 0.1) is 6.04 Å². The lowest BCUT2D eigenvalue weighted by molar-refractivity contribution is -0.117. The van der Waals surface area contributed by atoms with E-state index in [9.17, 15) is 4.79 Å². The van der Waals surface area contributed by atoms with Gasteiger partial charge in [0.1, 0.15) is 11.5 Å². The molecule has 0 fully saturated rings. The van der Waals surface area contributed by atoms with Crippen molar-refractivity contribution in [2.45, 2.75) is 19.9 Å². The van der Waals surface area contributed by atoms with Crippen LogP contribution in [0, 0.1) is 6.92 Å². The van der Waals surface area contributed by atoms with E-state index in [0.717, 1.165) is 11.3 Å². The first-order valence-corrected chi connectivity index (χ1v) is 6.25. The maximum Gasteiger partial charge on any atom is 0.244 e. The number of aryl methyl sites for hydroxylation is 1. The van der Waals surface area contributed by atoms with E-state index in [-0.39, 0.29) is 11.9 Å². The van der Waals surface area contributed by atoms with Crippen molar-refractivity contribution in [1.29, 1.82) is 0 Å². The Hall–Kier alpha value is -2.29. The molecule has 0 aliphatic carbocycles. The lowest BCUT2D eigenvalue weighted by Crippen LogP contribution is -2.24. The van der Waals surface area contributed by atoms with Crippen LogP contribution in [0.4, 0.5) is 0 Å². The fraction of sp³-hybridized carbons (Fsp3) is 0.188. The van der Waals surface area contributed by atoms with Crippen molar-refractivity contribution in [3.05, 3.63) is 65.6 Å². The number of benzene rings is 1. The Morgan fingerprint density at radius 2 is 1.95 bits per heavy atom. The molecular weight excluding hydrogens is 238 g/mol. The third-order valence-electron chi connectivity index (χ3n) is 2.82. The zero-order valence-corrected chi connectivity index (χ0v) is 11.1. The molecule has 1 heterocycles. The molecule has 1 atom stereocenters. The highest BCUT2D eigenvalue weighted by Gasteiger charge is 2.06. The van der Waals surface area contributed by atoms with Gasteiger partial charge in [-0.3, -0.25) is 4.79 Å². The zero-order chi connectivity index (χ0) is 13.7. The third kappa shape index (κ3) is 3.85. The molecular formula is C16H17NO2. The molecule has 0 radical (unpaired) electrons. The van der Waals surface area contributed by atoms with Gasteiger partial charge in [-0.1, -0.05) is 30.3 Å². The van der Waals surface area contributed by atoms with Crippen LogP contribution in [-0.4, -0.2) is 5.91 Å². The Morgan fingerprint density at radius 3 is 2.58 bits per heavy atom. The van der Waals surface area contributed by atoms with Crippen LogP contribution in [0.15, 0.2) is 53.0 Å². The van der Waals surface area contributed by atoms with Crippen molar-refractivity contribution in [3.63, 3.8) is 0 Å². The quantitative estimate of drug-likeness (QED) is 0.850. The van der Waals surface area contributed by atoms with Crippen LogP contribution in [-0.2, 0) is 4.79 Å². The number of nitrogens with one attached hydrogen (secondary N) is 1. The fourth-order valence-electron chi connectivity index (χ4n) is 1.79. The van der Waals surface area contributed by atoms with Gasteiger partial charge in [0.2, 0.25) is 5.91 Å². The van der Waals surface area contributed by atoms with E-state index >= 15 is 0 Å². The van der Waals surface area contributed by atoms with E-state index in [1.165, 1.54) is 6.08 Å². The molecule has 0 bridgehead atoms. The summed E-state index contributed by atoms with van der Waals surface area (Å²) >= 11 is 0. The smallest absolute Gasteiger partial charge is 0.244 e. The standard InChI is InChI=1S/C16H17NO2/c1-12-8-9-15(19-12)10-11-16(18)17-13(2)14-6-4-3-5-7-14/h3-11,13H,1-2H3,(H,17,18)/b11-10-/t13-/m0/s1. The van der Waals surface area contributed by atoms with E-state index in [1.54, 1.807) is 6.08 Å². The Bertz CT molecular complexity index is 569. The summed E-state index contributed by atoms with van der Waals surface area (Å²) in [6, 6.07) is 13.5. The van der Waals surface area contributed by atoms with Crippen LogP contribution >= 0.6 is 0 Å². The molecule has 0 saturated heterocycles. The second kappa shape index (κ2) is 6.05. The molecule has 1 N–H and O–H groups in total. The number of carbonyl (C=O) groups is 1. The molecule has 0 aliphatic rings. The van der Waals surface area contributed by atoms with Crippen molar-refractivity contribution in [2.24, 2.45) is 0 Å². The van der Waals surface area contributed by atoms with Crippen LogP contribution in [0.5, 0.6) is 0 Å². The largest absolute Gasteiger partial charge is 0.462 e. The average Bonchev–Trinajstić information content (AvgIpc) is 2.83. The van der Waals surface area contributed by atoms with Crippen LogP contribution in [0.2, 0.25) is 0 Å². The summed E-state index contributed by atoms with van der Waals surface area (Å²) in [6.07, 6.45) is 3.15. The average molecular weight is 255 g/mol. The summed E-state index contributed by atoms with van der Waals surface area (Å²) in [5.74, 6) is 1.38. The number of carbonyl (C=O) groups excluding carboxylic acids is 1. The van der Waals surface area contributed by atoms with Gasteiger partial charge in [-0.15, -0.1) is 0 Å². The summed E-state index contributed by atoms with van der Waals surface area (Å²) in [7, 11) is 0. The van der Waals surface area contributed by atoms with Gasteiger partial charge < -0.3 is 9.73 Å². The van der Waals surface area contributed by atoms with Crippen LogP contribution in [0.25, 0.3) is 6.08 Å². The van der Waals surface area contributed by atoms with E-state index < -0.39 is 0 Å². The number of furan rings is 1. The summed E-state index contributed by atoms with van der Waals surface area (Å²) in [5.41, 5.74) is 1.08. The Balaban J connectivity index is 1.93. The van der Waals surface area contributed by atoms with Crippen molar-refractivity contribution >= 4 is 12.0 Å². The van der Waals surface area contributed by atoms with Gasteiger partial charge in [0.15, 0.2) is 0 Å². The van der Waals surface area contributed by atoms with Gasteiger partial charge in [-0.25, -0.2) is 0 Å². The van der Waals surface area contributed by atoms with Gasteiger partial charge >= 0.3 is 0 Å². The van der Waals surface area contributed by atoms with Gasteiger partial charge in [-0.05, 0) is 37.6 Å². The van der Waals surface area contributed by atoms with Crippen molar-refractivity contribution in [3.8, 4) is 0 Å². The van der Waals surface area contributed by atoms with Gasteiger partial charge in [0, 0.05) is 6.08 Å². The second-order valence-corrected chi connectivity index (χ2v) is 4.42. The maximum absolute atomic E-state index is 11.8. The molecule has 3 heteroatoms. The lowest BCUT2D eigenvalue weighted by atomic mass is 10.1. The molecule has 0 saturated carbocycles. The molecule has 1 amide bonds. The van der Waals surface area contributed by atoms with E-state index in [0.29, 0.717) is 5.76 Å². The first-order valence-electron chi connectivity index (χ1n) is 6.25. The Labute approximate surface area is 112 Å². The summed E-state index contributed by atoms with van der Waals surface area (Å²) in [5, 5.41) is 2.91. The third-order valence-corrected chi connectivity index (χ3v) is 2.82. The lowest BCUT2D eigenvalue weighted by Gasteiger charge is -2.12. The number of hydrogen-bond acceptors (Lipinski definition) is 2. The van der Waals surface area contributed by atoms with Crippen LogP contribution in [0.3, 0.4) is 0 Å². The highest BCUT2D eigenvalue weighted by molar-refractivity contribution is 5.91. The molecule has 2 aromatic rings. The maximum atomic E-state index is 11.8. The van der Waals surface area contributed by atoms with Gasteiger partial charge in [-0.2, -0.15) is 0 Å². The first kappa shape index (κ1) is 13.1. The van der Waals surface area contributed by atoms with Crippen LogP contribution < -0.4 is 5.32 Å². The summed E-state index contributed by atoms with van der Waals surface area (Å²) in [6.45, 7) is 3.83. The minimum atomic E-state index is -0.134. The van der Waals surface area contributed by atoms with Crippen molar-refractivity contribution < 1.29 is 9.21 Å². The monoisotopic (exact) mass is 255 g/mol. The van der Waals surface area contributed by atoms with Crippen LogP contribution in [0.1, 0.15) is 30.0 Å². The number of rotatable bonds is 4. The van der Waals surface area contributed by atoms with E-state index in [2.05, 4.69) is 5.32 Å². The number of hydrogen-bond donors (Lipinski definition) is 1. The minimum Gasteiger partial charge on any atom is -0.462 e. The molecule has 1 aromatic heterocycles. The summed E-state index contributed by atoms with van der Waals surface area (Å²) in [4.78, 5) is 11.8.